The minimum absolute atomic E-state index is 0.143. The number of hydrogen-bond acceptors (Lipinski definition) is 2. The van der Waals surface area contributed by atoms with E-state index >= 15 is 0 Å². The minimum Gasteiger partial charge on any atom is -0.311 e. The Labute approximate surface area is 235 Å². The van der Waals surface area contributed by atoms with E-state index in [1.807, 2.05) is 0 Å². The van der Waals surface area contributed by atoms with Gasteiger partial charge in [-0.1, -0.05) is 103 Å². The lowest BCUT2D eigenvalue weighted by atomic mass is 9.33. The van der Waals surface area contributed by atoms with Crippen LogP contribution in [0.25, 0.3) is 11.1 Å². The highest BCUT2D eigenvalue weighted by molar-refractivity contribution is 7.00. The third kappa shape index (κ3) is 3.44. The van der Waals surface area contributed by atoms with Crippen LogP contribution in [0.15, 0.2) is 146 Å². The van der Waals surface area contributed by atoms with Crippen molar-refractivity contribution in [2.75, 3.05) is 9.80 Å². The van der Waals surface area contributed by atoms with Crippen molar-refractivity contribution in [3.63, 3.8) is 0 Å². The fourth-order valence-corrected chi connectivity index (χ4v) is 6.52. The highest BCUT2D eigenvalue weighted by Gasteiger charge is 2.42. The van der Waals surface area contributed by atoms with Gasteiger partial charge in [0.05, 0.1) is 0 Å². The van der Waals surface area contributed by atoms with Crippen LogP contribution in [0.3, 0.4) is 0 Å². The summed E-state index contributed by atoms with van der Waals surface area (Å²) < 4.78 is 0. The van der Waals surface area contributed by atoms with Gasteiger partial charge in [0.2, 0.25) is 0 Å². The van der Waals surface area contributed by atoms with Crippen molar-refractivity contribution in [2.24, 2.45) is 0 Å². The zero-order valence-corrected chi connectivity index (χ0v) is 22.3. The number of aryl methyl sites for hydroxylation is 1. The van der Waals surface area contributed by atoms with Crippen molar-refractivity contribution in [3.8, 4) is 11.1 Å². The molecule has 2 aliphatic rings. The van der Waals surface area contributed by atoms with Gasteiger partial charge in [-0.15, -0.1) is 0 Å². The second-order valence-corrected chi connectivity index (χ2v) is 10.7. The molecule has 0 amide bonds. The second kappa shape index (κ2) is 9.03. The quantitative estimate of drug-likeness (QED) is 0.224. The summed E-state index contributed by atoms with van der Waals surface area (Å²) in [7, 11) is 0. The Hall–Kier alpha value is -5.02. The van der Waals surface area contributed by atoms with E-state index in [0.29, 0.717) is 0 Å². The van der Waals surface area contributed by atoms with Gasteiger partial charge in [-0.25, -0.2) is 0 Å². The van der Waals surface area contributed by atoms with Crippen molar-refractivity contribution in [1.82, 2.24) is 0 Å². The van der Waals surface area contributed by atoms with Gasteiger partial charge in [0.1, 0.15) is 0 Å². The Kier molecular flexibility index (Phi) is 5.18. The summed E-state index contributed by atoms with van der Waals surface area (Å²) in [5, 5.41) is 0. The van der Waals surface area contributed by atoms with E-state index in [2.05, 4.69) is 162 Å². The molecule has 3 heteroatoms. The lowest BCUT2D eigenvalue weighted by Crippen LogP contribution is -2.61. The van der Waals surface area contributed by atoms with E-state index in [1.165, 1.54) is 67.2 Å². The summed E-state index contributed by atoms with van der Waals surface area (Å²) in [6.07, 6.45) is 0. The number of rotatable bonds is 3. The molecule has 2 nitrogen and oxygen atoms in total. The van der Waals surface area contributed by atoms with Crippen LogP contribution >= 0.6 is 0 Å². The molecule has 0 saturated carbocycles. The fourth-order valence-electron chi connectivity index (χ4n) is 6.52. The Morgan fingerprint density at radius 2 is 0.950 bits per heavy atom. The molecule has 0 spiro atoms. The van der Waals surface area contributed by atoms with E-state index in [9.17, 15) is 0 Å². The number of nitrogens with zero attached hydrogens (tertiary/aromatic N) is 2. The predicted octanol–water partition coefficient (Wildman–Crippen LogP) is 7.74. The van der Waals surface area contributed by atoms with Crippen molar-refractivity contribution in [1.29, 1.82) is 0 Å². The smallest absolute Gasteiger partial charge is 0.252 e. The van der Waals surface area contributed by atoms with Crippen LogP contribution in [0.1, 0.15) is 5.56 Å². The predicted molar refractivity (Wildman–Crippen MR) is 171 cm³/mol. The number of benzene rings is 6. The van der Waals surface area contributed by atoms with E-state index in [0.717, 1.165) is 0 Å². The van der Waals surface area contributed by atoms with Crippen molar-refractivity contribution >= 4 is 57.2 Å². The first kappa shape index (κ1) is 22.9. The second-order valence-electron chi connectivity index (χ2n) is 10.7. The van der Waals surface area contributed by atoms with E-state index < -0.39 is 0 Å². The molecule has 0 fully saturated rings. The van der Waals surface area contributed by atoms with Gasteiger partial charge >= 0.3 is 0 Å². The molecule has 0 aromatic heterocycles. The van der Waals surface area contributed by atoms with Crippen LogP contribution < -0.4 is 26.2 Å². The topological polar surface area (TPSA) is 6.48 Å². The van der Waals surface area contributed by atoms with Crippen LogP contribution in [0.2, 0.25) is 0 Å². The van der Waals surface area contributed by atoms with Gasteiger partial charge in [0.15, 0.2) is 0 Å². The molecule has 188 valence electrons. The third-order valence-electron chi connectivity index (χ3n) is 8.32. The van der Waals surface area contributed by atoms with Crippen molar-refractivity contribution in [2.45, 2.75) is 6.92 Å². The number of hydrogen-bond donors (Lipinski definition) is 0. The molecule has 0 unspecified atom stereocenters. The summed E-state index contributed by atoms with van der Waals surface area (Å²) >= 11 is 0. The zero-order valence-electron chi connectivity index (χ0n) is 22.3. The number of para-hydroxylation sites is 3. The van der Waals surface area contributed by atoms with Crippen LogP contribution in [0, 0.1) is 6.92 Å². The Balaban J connectivity index is 1.43. The zero-order chi connectivity index (χ0) is 26.6. The van der Waals surface area contributed by atoms with E-state index in [4.69, 9.17) is 0 Å². The molecule has 0 N–H and O–H groups in total. The van der Waals surface area contributed by atoms with Gasteiger partial charge in [-0.2, -0.15) is 0 Å². The summed E-state index contributed by atoms with van der Waals surface area (Å²) in [5.41, 5.74) is 15.1. The molecule has 2 heterocycles. The summed E-state index contributed by atoms with van der Waals surface area (Å²) in [5.74, 6) is 0. The van der Waals surface area contributed by atoms with Crippen LogP contribution in [0.5, 0.6) is 0 Å². The summed E-state index contributed by atoms with van der Waals surface area (Å²) in [4.78, 5) is 4.89. The minimum atomic E-state index is 0.143. The van der Waals surface area contributed by atoms with Gasteiger partial charge in [-0.05, 0) is 83.0 Å². The molecule has 0 bridgehead atoms. The first-order valence-corrected chi connectivity index (χ1v) is 13.9. The fraction of sp³-hybridized carbons (Fsp3) is 0.0270. The monoisotopic (exact) mass is 510 g/mol. The Bertz CT molecular complexity index is 1860. The van der Waals surface area contributed by atoms with Crippen LogP contribution in [-0.2, 0) is 0 Å². The summed E-state index contributed by atoms with van der Waals surface area (Å²) in [6, 6.07) is 53.1. The average molecular weight is 510 g/mol. The van der Waals surface area contributed by atoms with Gasteiger partial charge < -0.3 is 9.80 Å². The molecule has 6 aromatic rings. The molecule has 6 aromatic carbocycles. The van der Waals surface area contributed by atoms with Gasteiger partial charge in [0.25, 0.3) is 6.71 Å². The maximum atomic E-state index is 2.46. The standard InChI is InChI=1S/C37H27BN2/c1-26-19-21-27(22-20-26)28-23-24-32-36(25-28)40(30-13-6-3-7-14-30)35-18-10-17-34-37(35)38(32)31-15-8-9-16-33(31)39(34)29-11-4-2-5-12-29/h2-25H,1H3. The van der Waals surface area contributed by atoms with E-state index in [-0.39, 0.29) is 6.71 Å². The highest BCUT2D eigenvalue weighted by atomic mass is 15.2. The Morgan fingerprint density at radius 1 is 0.425 bits per heavy atom. The third-order valence-corrected chi connectivity index (χ3v) is 8.32. The van der Waals surface area contributed by atoms with Crippen molar-refractivity contribution < 1.29 is 0 Å². The lowest BCUT2D eigenvalue weighted by molar-refractivity contribution is 1.25. The molecule has 8 rings (SSSR count). The average Bonchev–Trinajstić information content (AvgIpc) is 3.02. The lowest BCUT2D eigenvalue weighted by Gasteiger charge is -2.44. The normalized spacial score (nSPS) is 13.0. The molecule has 40 heavy (non-hydrogen) atoms. The number of fused-ring (bicyclic) bond motifs is 4. The Morgan fingerprint density at radius 3 is 1.62 bits per heavy atom. The molecule has 2 aliphatic heterocycles. The first-order valence-electron chi connectivity index (χ1n) is 13.9. The summed E-state index contributed by atoms with van der Waals surface area (Å²) in [6.45, 7) is 2.28. The molecule has 0 aliphatic carbocycles. The molecular formula is C37H27BN2. The first-order chi connectivity index (χ1) is 19.8. The van der Waals surface area contributed by atoms with Crippen molar-refractivity contribution in [3.05, 3.63) is 151 Å². The molecule has 0 atom stereocenters. The maximum Gasteiger partial charge on any atom is 0.252 e. The van der Waals surface area contributed by atoms with Crippen LogP contribution in [0.4, 0.5) is 34.1 Å². The molecule has 0 radical (unpaired) electrons. The SMILES string of the molecule is Cc1ccc(-c2ccc3c(c2)N(c2ccccc2)c2cccc4c2B3c2ccccc2N4c2ccccc2)cc1. The van der Waals surface area contributed by atoms with Crippen LogP contribution in [-0.4, -0.2) is 6.71 Å². The van der Waals surface area contributed by atoms with Gasteiger partial charge in [-0.3, -0.25) is 0 Å². The molecular weight excluding hydrogens is 483 g/mol. The highest BCUT2D eigenvalue weighted by Crippen LogP contribution is 2.44. The largest absolute Gasteiger partial charge is 0.311 e. The molecule has 0 saturated heterocycles. The number of anilines is 6. The van der Waals surface area contributed by atoms with E-state index in [1.54, 1.807) is 0 Å². The van der Waals surface area contributed by atoms with Gasteiger partial charge in [0, 0.05) is 34.1 Å². The maximum absolute atomic E-state index is 2.46.